The molecule has 1 aromatic rings. The van der Waals surface area contributed by atoms with Crippen LogP contribution < -0.4 is 4.50 Å². The molecule has 0 aliphatic heterocycles. The number of aryl methyl sites for hydroxylation is 1. The summed E-state index contributed by atoms with van der Waals surface area (Å²) in [7, 11) is 0. The molecule has 1 heterocycles. The Kier molecular flexibility index (Phi) is 3.03. The average molecular weight is 225 g/mol. The number of thiophene rings is 1. The quantitative estimate of drug-likeness (QED) is 0.535. The highest BCUT2D eigenvalue weighted by atomic mass is 35.7. The van der Waals surface area contributed by atoms with Crippen LogP contribution in [0.15, 0.2) is 11.4 Å². The van der Waals surface area contributed by atoms with E-state index in [-0.39, 0.29) is 0 Å². The first-order valence-corrected chi connectivity index (χ1v) is 8.61. The van der Waals surface area contributed by atoms with E-state index in [2.05, 4.69) is 13.0 Å². The van der Waals surface area contributed by atoms with Gasteiger partial charge in [-0.3, -0.25) is 0 Å². The Morgan fingerprint density at radius 3 is 2.55 bits per heavy atom. The molecule has 0 saturated heterocycles. The zero-order chi connectivity index (χ0) is 8.48. The van der Waals surface area contributed by atoms with Gasteiger partial charge in [0.05, 0.1) is 0 Å². The fraction of sp³-hybridized carbons (Fsp3) is 0.429. The van der Waals surface area contributed by atoms with Gasteiger partial charge in [0.25, 0.3) is 6.69 Å². The zero-order valence-electron chi connectivity index (χ0n) is 6.53. The molecule has 0 aliphatic carbocycles. The lowest BCUT2D eigenvalue weighted by Crippen LogP contribution is -2.34. The summed E-state index contributed by atoms with van der Waals surface area (Å²) in [4.78, 5) is 0. The molecule has 0 N–H and O–H groups in total. The fourth-order valence-corrected chi connectivity index (χ4v) is 5.57. The van der Waals surface area contributed by atoms with Gasteiger partial charge in [-0.25, -0.2) is 0 Å². The van der Waals surface area contributed by atoms with Gasteiger partial charge in [0.2, 0.25) is 0 Å². The summed E-state index contributed by atoms with van der Waals surface area (Å²) in [6.07, 6.45) is 0. The number of hydrogen-bond donors (Lipinski definition) is 0. The molecule has 1 rings (SSSR count). The largest absolute Gasteiger partial charge is 0.290 e. The van der Waals surface area contributed by atoms with E-state index in [4.69, 9.17) is 22.2 Å². The van der Waals surface area contributed by atoms with Gasteiger partial charge >= 0.3 is 0 Å². The maximum atomic E-state index is 6.21. The molecule has 1 aromatic heterocycles. The first kappa shape index (κ1) is 9.58. The zero-order valence-corrected chi connectivity index (χ0v) is 9.85. The van der Waals surface area contributed by atoms with Gasteiger partial charge in [0, 0.05) is 4.50 Å². The smallest absolute Gasteiger partial charge is 0.150 e. The molecule has 0 unspecified atom stereocenters. The van der Waals surface area contributed by atoms with Crippen LogP contribution in [0.2, 0.25) is 6.04 Å². The van der Waals surface area contributed by atoms with Crippen molar-refractivity contribution in [3.63, 3.8) is 0 Å². The second-order valence-corrected chi connectivity index (χ2v) is 10.8. The molecule has 0 bridgehead atoms. The van der Waals surface area contributed by atoms with Crippen molar-refractivity contribution >= 4 is 44.7 Å². The lowest BCUT2D eigenvalue weighted by molar-refractivity contribution is 1.44. The summed E-state index contributed by atoms with van der Waals surface area (Å²) in [5, 5.41) is 2.05. The molecule has 0 atom stereocenters. The van der Waals surface area contributed by atoms with E-state index in [0.717, 1.165) is 6.04 Å². The lowest BCUT2D eigenvalue weighted by atomic mass is 10.4. The van der Waals surface area contributed by atoms with Crippen LogP contribution in [0.1, 0.15) is 12.5 Å². The van der Waals surface area contributed by atoms with Gasteiger partial charge in [-0.15, -0.1) is 22.2 Å². The molecular weight excluding hydrogens is 215 g/mol. The monoisotopic (exact) mass is 224 g/mol. The minimum absolute atomic E-state index is 0.886. The van der Waals surface area contributed by atoms with E-state index >= 15 is 0 Å². The topological polar surface area (TPSA) is 0 Å². The van der Waals surface area contributed by atoms with Crippen LogP contribution in [0.5, 0.6) is 0 Å². The third-order valence-corrected chi connectivity index (χ3v) is 9.22. The van der Waals surface area contributed by atoms with Gasteiger partial charge in [0.1, 0.15) is 0 Å². The maximum absolute atomic E-state index is 6.21. The van der Waals surface area contributed by atoms with Crippen molar-refractivity contribution in [3.8, 4) is 0 Å². The molecule has 4 heteroatoms. The van der Waals surface area contributed by atoms with Crippen molar-refractivity contribution in [2.75, 3.05) is 0 Å². The fourth-order valence-electron chi connectivity index (χ4n) is 0.908. The minimum Gasteiger partial charge on any atom is -0.150 e. The number of halogens is 2. The first-order chi connectivity index (χ1) is 5.08. The lowest BCUT2D eigenvalue weighted by Gasteiger charge is -2.12. The van der Waals surface area contributed by atoms with E-state index in [1.54, 1.807) is 11.3 Å². The van der Waals surface area contributed by atoms with Crippen molar-refractivity contribution in [1.82, 2.24) is 0 Å². The normalized spacial score (nSPS) is 12.0. The third-order valence-electron chi connectivity index (χ3n) is 1.64. The van der Waals surface area contributed by atoms with Crippen LogP contribution in [0.3, 0.4) is 0 Å². The van der Waals surface area contributed by atoms with E-state index in [0.29, 0.717) is 0 Å². The van der Waals surface area contributed by atoms with E-state index < -0.39 is 6.69 Å². The number of rotatable bonds is 2. The molecule has 11 heavy (non-hydrogen) atoms. The summed E-state index contributed by atoms with van der Waals surface area (Å²) in [6.45, 7) is 2.03. The number of hydrogen-bond acceptors (Lipinski definition) is 1. The maximum Gasteiger partial charge on any atom is 0.290 e. The minimum atomic E-state index is -2.08. The molecule has 0 aliphatic rings. The predicted octanol–water partition coefficient (Wildman–Crippen LogP) is 3.20. The van der Waals surface area contributed by atoms with Gasteiger partial charge < -0.3 is 0 Å². The van der Waals surface area contributed by atoms with E-state index in [9.17, 15) is 0 Å². The Bertz CT molecular complexity index is 244. The Morgan fingerprint density at radius 2 is 2.18 bits per heavy atom. The van der Waals surface area contributed by atoms with Crippen LogP contribution in [0.4, 0.5) is 0 Å². The molecule has 0 saturated carbocycles. The van der Waals surface area contributed by atoms with Gasteiger partial charge in [-0.2, -0.15) is 11.3 Å². The standard InChI is InChI=1S/C7H10Cl2SSi/c1-3-11(8,9)7-6(2)4-5-10-7/h4-5H,3H2,1-2H3. The van der Waals surface area contributed by atoms with Crippen molar-refractivity contribution in [2.24, 2.45) is 0 Å². The van der Waals surface area contributed by atoms with Crippen molar-refractivity contribution in [1.29, 1.82) is 0 Å². The Balaban J connectivity index is 3.00. The van der Waals surface area contributed by atoms with Crippen LogP contribution in [-0.4, -0.2) is 6.69 Å². The van der Waals surface area contributed by atoms with Crippen LogP contribution in [-0.2, 0) is 0 Å². The molecule has 0 nitrogen and oxygen atoms in total. The molecular formula is C7H10Cl2SSi. The molecule has 0 amide bonds. The van der Waals surface area contributed by atoms with Crippen molar-refractivity contribution < 1.29 is 0 Å². The summed E-state index contributed by atoms with van der Waals surface area (Å²) in [6, 6.07) is 2.96. The Labute approximate surface area is 81.6 Å². The molecule has 0 fully saturated rings. The molecule has 0 radical (unpaired) electrons. The van der Waals surface area contributed by atoms with Gasteiger partial charge in [0.15, 0.2) is 0 Å². The molecule has 62 valence electrons. The highest BCUT2D eigenvalue weighted by Gasteiger charge is 2.31. The molecule has 0 aromatic carbocycles. The summed E-state index contributed by atoms with van der Waals surface area (Å²) >= 11 is 14.1. The Hall–Kier alpha value is 0.497. The average Bonchev–Trinajstić information content (AvgIpc) is 2.36. The van der Waals surface area contributed by atoms with Crippen molar-refractivity contribution in [3.05, 3.63) is 17.0 Å². The SMILES string of the molecule is CC[Si](Cl)(Cl)c1sccc1C. The van der Waals surface area contributed by atoms with Crippen LogP contribution in [0, 0.1) is 6.92 Å². The second kappa shape index (κ2) is 3.48. The highest BCUT2D eigenvalue weighted by Crippen LogP contribution is 2.23. The van der Waals surface area contributed by atoms with Gasteiger partial charge in [-0.1, -0.05) is 6.92 Å². The predicted molar refractivity (Wildman–Crippen MR) is 56.6 cm³/mol. The summed E-state index contributed by atoms with van der Waals surface area (Å²) < 4.78 is 1.21. The summed E-state index contributed by atoms with van der Waals surface area (Å²) in [5.74, 6) is 0. The highest BCUT2D eigenvalue weighted by molar-refractivity contribution is 7.56. The summed E-state index contributed by atoms with van der Waals surface area (Å²) in [5.41, 5.74) is 1.24. The third kappa shape index (κ3) is 1.99. The second-order valence-electron chi connectivity index (χ2n) is 2.49. The Morgan fingerprint density at radius 1 is 1.55 bits per heavy atom. The van der Waals surface area contributed by atoms with Crippen LogP contribution >= 0.6 is 33.5 Å². The van der Waals surface area contributed by atoms with E-state index in [1.807, 2.05) is 12.3 Å². The van der Waals surface area contributed by atoms with Gasteiger partial charge in [-0.05, 0) is 30.0 Å². The van der Waals surface area contributed by atoms with Crippen LogP contribution in [0.25, 0.3) is 0 Å². The van der Waals surface area contributed by atoms with E-state index in [1.165, 1.54) is 10.1 Å². The molecule has 0 spiro atoms. The van der Waals surface area contributed by atoms with Crippen molar-refractivity contribution in [2.45, 2.75) is 19.9 Å². The first-order valence-electron chi connectivity index (χ1n) is 3.50.